The number of hydrogen-bond donors (Lipinski definition) is 2. The monoisotopic (exact) mass is 333 g/mol. The Labute approximate surface area is 136 Å². The van der Waals surface area contributed by atoms with E-state index in [9.17, 15) is 14.0 Å². The van der Waals surface area contributed by atoms with E-state index >= 15 is 0 Å². The number of halogens is 2. The molecule has 0 atom stereocenters. The third kappa shape index (κ3) is 3.84. The Morgan fingerprint density at radius 1 is 1.13 bits per heavy atom. The Balaban J connectivity index is 1.73. The lowest BCUT2D eigenvalue weighted by molar-refractivity contribution is 0.0946. The van der Waals surface area contributed by atoms with Crippen LogP contribution in [0.1, 0.15) is 33.8 Å². The number of anilines is 1. The molecule has 1 heterocycles. The van der Waals surface area contributed by atoms with Crippen LogP contribution < -0.4 is 10.6 Å². The molecule has 1 saturated carbocycles. The Hall–Kier alpha value is -2.47. The van der Waals surface area contributed by atoms with Gasteiger partial charge in [0.25, 0.3) is 11.8 Å². The summed E-state index contributed by atoms with van der Waals surface area (Å²) in [5, 5.41) is 5.28. The van der Waals surface area contributed by atoms with Gasteiger partial charge in [-0.1, -0.05) is 17.7 Å². The number of pyridine rings is 1. The van der Waals surface area contributed by atoms with Crippen molar-refractivity contribution in [1.29, 1.82) is 0 Å². The highest BCUT2D eigenvalue weighted by Gasteiger charge is 2.24. The first-order chi connectivity index (χ1) is 11.0. The summed E-state index contributed by atoms with van der Waals surface area (Å²) in [6, 6.07) is 8.69. The molecule has 118 valence electrons. The molecule has 0 unspecified atom stereocenters. The van der Waals surface area contributed by atoms with Crippen LogP contribution in [-0.4, -0.2) is 22.8 Å². The number of aromatic nitrogens is 1. The predicted octanol–water partition coefficient (Wildman–Crippen LogP) is 3.02. The van der Waals surface area contributed by atoms with Crippen LogP contribution in [0.3, 0.4) is 0 Å². The van der Waals surface area contributed by atoms with Gasteiger partial charge in [-0.3, -0.25) is 9.59 Å². The Morgan fingerprint density at radius 3 is 2.48 bits per heavy atom. The summed E-state index contributed by atoms with van der Waals surface area (Å²) < 4.78 is 13.1. The van der Waals surface area contributed by atoms with Crippen molar-refractivity contribution in [2.45, 2.75) is 18.9 Å². The van der Waals surface area contributed by atoms with Gasteiger partial charge in [0.15, 0.2) is 0 Å². The molecule has 2 N–H and O–H groups in total. The van der Waals surface area contributed by atoms with Crippen LogP contribution in [0.4, 0.5) is 10.1 Å². The summed E-state index contributed by atoms with van der Waals surface area (Å²) in [5.41, 5.74) is 0.617. The molecular weight excluding hydrogens is 321 g/mol. The number of carbonyl (C=O) groups is 2. The minimum absolute atomic E-state index is 0.0895. The molecule has 1 aromatic heterocycles. The van der Waals surface area contributed by atoms with E-state index < -0.39 is 11.7 Å². The molecule has 0 radical (unpaired) electrons. The van der Waals surface area contributed by atoms with Gasteiger partial charge in [0.2, 0.25) is 0 Å². The van der Waals surface area contributed by atoms with Crippen LogP contribution in [0.5, 0.6) is 0 Å². The second-order valence-electron chi connectivity index (χ2n) is 5.24. The molecule has 1 aliphatic carbocycles. The van der Waals surface area contributed by atoms with Gasteiger partial charge in [-0.05, 0) is 43.2 Å². The van der Waals surface area contributed by atoms with Crippen molar-refractivity contribution >= 4 is 29.1 Å². The summed E-state index contributed by atoms with van der Waals surface area (Å²) >= 11 is 5.67. The minimum Gasteiger partial charge on any atom is -0.348 e. The SMILES string of the molecule is O=C(Nc1ccc(F)c(Cl)c1)c1cccc(C(=O)NC2CC2)n1. The lowest BCUT2D eigenvalue weighted by Gasteiger charge is -2.07. The fourth-order valence-electron chi connectivity index (χ4n) is 1.94. The van der Waals surface area contributed by atoms with Gasteiger partial charge in [-0.15, -0.1) is 0 Å². The van der Waals surface area contributed by atoms with Gasteiger partial charge in [-0.2, -0.15) is 0 Å². The average Bonchev–Trinajstić information content (AvgIpc) is 3.35. The van der Waals surface area contributed by atoms with Crippen LogP contribution in [0, 0.1) is 5.82 Å². The molecule has 0 aliphatic heterocycles. The summed E-state index contributed by atoms with van der Waals surface area (Å²) in [4.78, 5) is 28.2. The van der Waals surface area contributed by atoms with Crippen molar-refractivity contribution in [3.8, 4) is 0 Å². The predicted molar refractivity (Wildman–Crippen MR) is 84.1 cm³/mol. The van der Waals surface area contributed by atoms with E-state index in [1.54, 1.807) is 12.1 Å². The zero-order valence-corrected chi connectivity index (χ0v) is 12.7. The molecular formula is C16H13ClFN3O2. The number of benzene rings is 1. The highest BCUT2D eigenvalue weighted by atomic mass is 35.5. The number of hydrogen-bond acceptors (Lipinski definition) is 3. The van der Waals surface area contributed by atoms with Crippen LogP contribution >= 0.6 is 11.6 Å². The van der Waals surface area contributed by atoms with E-state index in [0.717, 1.165) is 18.9 Å². The fourth-order valence-corrected chi connectivity index (χ4v) is 2.12. The molecule has 2 amide bonds. The zero-order chi connectivity index (χ0) is 16.4. The van der Waals surface area contributed by atoms with Gasteiger partial charge in [0.1, 0.15) is 17.2 Å². The summed E-state index contributed by atoms with van der Waals surface area (Å²) in [7, 11) is 0. The summed E-state index contributed by atoms with van der Waals surface area (Å²) in [6.45, 7) is 0. The largest absolute Gasteiger partial charge is 0.348 e. The quantitative estimate of drug-likeness (QED) is 0.903. The maximum Gasteiger partial charge on any atom is 0.274 e. The lowest BCUT2D eigenvalue weighted by atomic mass is 10.2. The van der Waals surface area contributed by atoms with E-state index in [0.29, 0.717) is 5.69 Å². The van der Waals surface area contributed by atoms with Crippen LogP contribution in [-0.2, 0) is 0 Å². The number of nitrogens with one attached hydrogen (secondary N) is 2. The molecule has 7 heteroatoms. The molecule has 3 rings (SSSR count). The molecule has 5 nitrogen and oxygen atoms in total. The number of nitrogens with zero attached hydrogens (tertiary/aromatic N) is 1. The van der Waals surface area contributed by atoms with Crippen molar-refractivity contribution in [1.82, 2.24) is 10.3 Å². The Morgan fingerprint density at radius 2 is 1.83 bits per heavy atom. The van der Waals surface area contributed by atoms with Crippen molar-refractivity contribution in [2.75, 3.05) is 5.32 Å². The smallest absolute Gasteiger partial charge is 0.274 e. The minimum atomic E-state index is -0.568. The molecule has 2 aromatic rings. The molecule has 1 aliphatic rings. The third-order valence-electron chi connectivity index (χ3n) is 3.30. The summed E-state index contributed by atoms with van der Waals surface area (Å²) in [6.07, 6.45) is 1.94. The van der Waals surface area contributed by atoms with Crippen LogP contribution in [0.2, 0.25) is 5.02 Å². The van der Waals surface area contributed by atoms with Crippen molar-refractivity contribution in [3.63, 3.8) is 0 Å². The fraction of sp³-hybridized carbons (Fsp3) is 0.188. The third-order valence-corrected chi connectivity index (χ3v) is 3.59. The van der Waals surface area contributed by atoms with Gasteiger partial charge in [0.05, 0.1) is 5.02 Å². The van der Waals surface area contributed by atoms with E-state index in [1.165, 1.54) is 18.2 Å². The van der Waals surface area contributed by atoms with Crippen LogP contribution in [0.25, 0.3) is 0 Å². The van der Waals surface area contributed by atoms with E-state index in [1.807, 2.05) is 0 Å². The van der Waals surface area contributed by atoms with E-state index in [4.69, 9.17) is 11.6 Å². The van der Waals surface area contributed by atoms with E-state index in [-0.39, 0.29) is 28.4 Å². The zero-order valence-electron chi connectivity index (χ0n) is 12.0. The maximum absolute atomic E-state index is 13.1. The van der Waals surface area contributed by atoms with Crippen molar-refractivity contribution in [3.05, 3.63) is 58.6 Å². The average molecular weight is 334 g/mol. The second kappa shape index (κ2) is 6.34. The molecule has 0 spiro atoms. The highest BCUT2D eigenvalue weighted by molar-refractivity contribution is 6.31. The highest BCUT2D eigenvalue weighted by Crippen LogP contribution is 2.20. The molecule has 0 saturated heterocycles. The van der Waals surface area contributed by atoms with E-state index in [2.05, 4.69) is 15.6 Å². The van der Waals surface area contributed by atoms with Crippen LogP contribution in [0.15, 0.2) is 36.4 Å². The normalized spacial score (nSPS) is 13.5. The molecule has 1 aromatic carbocycles. The first-order valence-corrected chi connectivity index (χ1v) is 7.45. The van der Waals surface area contributed by atoms with Gasteiger partial charge in [0, 0.05) is 11.7 Å². The van der Waals surface area contributed by atoms with Crippen molar-refractivity contribution in [2.24, 2.45) is 0 Å². The number of amides is 2. The Kier molecular flexibility index (Phi) is 4.25. The maximum atomic E-state index is 13.1. The lowest BCUT2D eigenvalue weighted by Crippen LogP contribution is -2.27. The second-order valence-corrected chi connectivity index (χ2v) is 5.65. The number of carbonyl (C=O) groups excluding carboxylic acids is 2. The first kappa shape index (κ1) is 15.4. The molecule has 1 fully saturated rings. The summed E-state index contributed by atoms with van der Waals surface area (Å²) in [5.74, 6) is -1.37. The molecule has 0 bridgehead atoms. The van der Waals surface area contributed by atoms with Gasteiger partial charge >= 0.3 is 0 Å². The van der Waals surface area contributed by atoms with Gasteiger partial charge < -0.3 is 10.6 Å². The number of rotatable bonds is 4. The Bertz CT molecular complexity index is 778. The standard InChI is InChI=1S/C16H13ClFN3O2/c17-11-8-10(6-7-12(11)18)20-16(23)14-3-1-2-13(21-14)15(22)19-9-4-5-9/h1-3,6-9H,4-5H2,(H,19,22)(H,20,23). The molecule has 23 heavy (non-hydrogen) atoms. The van der Waals surface area contributed by atoms with Gasteiger partial charge in [-0.25, -0.2) is 9.37 Å². The first-order valence-electron chi connectivity index (χ1n) is 7.07. The topological polar surface area (TPSA) is 71.1 Å². The van der Waals surface area contributed by atoms with Crippen molar-refractivity contribution < 1.29 is 14.0 Å².